The summed E-state index contributed by atoms with van der Waals surface area (Å²) in [7, 11) is 0. The van der Waals surface area contributed by atoms with Crippen LogP contribution in [-0.4, -0.2) is 57.6 Å². The predicted octanol–water partition coefficient (Wildman–Crippen LogP) is 2.83. The number of aromatic nitrogens is 3. The Balaban J connectivity index is 1.23. The molecule has 2 fully saturated rings. The summed E-state index contributed by atoms with van der Waals surface area (Å²) in [5.74, 6) is -0.929. The summed E-state index contributed by atoms with van der Waals surface area (Å²) >= 11 is 5.47. The van der Waals surface area contributed by atoms with Crippen LogP contribution < -0.4 is 15.9 Å². The van der Waals surface area contributed by atoms with Gasteiger partial charge in [-0.05, 0) is 49.6 Å². The van der Waals surface area contributed by atoms with Crippen molar-refractivity contribution in [2.45, 2.75) is 38.9 Å². The van der Waals surface area contributed by atoms with Gasteiger partial charge in [-0.3, -0.25) is 14.3 Å². The van der Waals surface area contributed by atoms with Crippen molar-refractivity contribution < 1.29 is 9.18 Å². The number of piperazine rings is 1. The fourth-order valence-corrected chi connectivity index (χ4v) is 4.76. The molecule has 5 rings (SSSR count). The lowest BCUT2D eigenvalue weighted by Gasteiger charge is -2.36. The quantitative estimate of drug-likeness (QED) is 0.415. The van der Waals surface area contributed by atoms with E-state index in [1.54, 1.807) is 16.7 Å². The molecule has 0 bridgehead atoms. The van der Waals surface area contributed by atoms with Crippen LogP contribution >= 0.6 is 12.2 Å². The first kappa shape index (κ1) is 22.7. The van der Waals surface area contributed by atoms with Crippen LogP contribution in [0.5, 0.6) is 0 Å². The number of fused-ring (bicyclic) bond motifs is 1. The van der Waals surface area contributed by atoms with Gasteiger partial charge in [0.1, 0.15) is 10.3 Å². The van der Waals surface area contributed by atoms with E-state index in [1.165, 1.54) is 0 Å². The van der Waals surface area contributed by atoms with Crippen LogP contribution in [0.25, 0.3) is 10.9 Å². The highest BCUT2D eigenvalue weighted by Crippen LogP contribution is 2.23. The fourth-order valence-electron chi connectivity index (χ4n) is 4.37. The van der Waals surface area contributed by atoms with E-state index in [4.69, 9.17) is 12.2 Å². The first-order valence-electron chi connectivity index (χ1n) is 11.6. The molecule has 1 saturated heterocycles. The van der Waals surface area contributed by atoms with Crippen molar-refractivity contribution in [1.82, 2.24) is 24.8 Å². The minimum atomic E-state index is -0.612. The SMILES string of the molecule is CCn1c(=O)[nH]c2cc(CN3CCN(c4ccc(C(=O)NC5CC5)nc4F)CC3)ccc2c1=S. The molecule has 1 aliphatic carbocycles. The lowest BCUT2D eigenvalue weighted by Crippen LogP contribution is -2.46. The van der Waals surface area contributed by atoms with E-state index in [-0.39, 0.29) is 23.3 Å². The van der Waals surface area contributed by atoms with Gasteiger partial charge in [0.25, 0.3) is 5.91 Å². The van der Waals surface area contributed by atoms with E-state index in [9.17, 15) is 14.0 Å². The number of nitrogens with zero attached hydrogens (tertiary/aromatic N) is 4. The molecule has 3 aromatic rings. The molecule has 8 nitrogen and oxygen atoms in total. The summed E-state index contributed by atoms with van der Waals surface area (Å²) in [5, 5.41) is 3.70. The van der Waals surface area contributed by atoms with Crippen molar-refractivity contribution in [3.8, 4) is 0 Å². The largest absolute Gasteiger partial charge is 0.365 e. The normalized spacial score (nSPS) is 16.7. The number of H-pyrrole nitrogens is 1. The molecule has 1 saturated carbocycles. The number of nitrogens with one attached hydrogen (secondary N) is 2. The second-order valence-corrected chi connectivity index (χ2v) is 9.26. The van der Waals surface area contributed by atoms with Crippen molar-refractivity contribution in [2.24, 2.45) is 0 Å². The maximum atomic E-state index is 14.7. The van der Waals surface area contributed by atoms with E-state index in [2.05, 4.69) is 20.2 Å². The number of pyridine rings is 1. The number of rotatable bonds is 6. The summed E-state index contributed by atoms with van der Waals surface area (Å²) in [6.45, 7) is 5.98. The van der Waals surface area contributed by atoms with Crippen LogP contribution in [0.1, 0.15) is 35.8 Å². The standard InChI is InChI=1S/C24H27FN6O2S/c1-2-31-23(34)17-6-3-15(13-19(17)28-24(31)33)14-29-9-11-30(12-10-29)20-8-7-18(27-21(20)25)22(32)26-16-4-5-16/h3,6-8,13,16H,2,4-5,9-12,14H2,1H3,(H,26,32)(H,28,33). The second kappa shape index (κ2) is 9.27. The van der Waals surface area contributed by atoms with Crippen molar-refractivity contribution >= 4 is 34.7 Å². The number of halogens is 1. The van der Waals surface area contributed by atoms with Gasteiger partial charge in [-0.2, -0.15) is 4.39 Å². The second-order valence-electron chi connectivity index (χ2n) is 8.88. The van der Waals surface area contributed by atoms with Gasteiger partial charge in [0.05, 0.1) is 11.2 Å². The van der Waals surface area contributed by atoms with Crippen molar-refractivity contribution in [3.05, 3.63) is 62.7 Å². The van der Waals surface area contributed by atoms with Crippen molar-refractivity contribution in [2.75, 3.05) is 31.1 Å². The molecule has 0 unspecified atom stereocenters. The number of benzene rings is 1. The molecule has 10 heteroatoms. The van der Waals surface area contributed by atoms with Gasteiger partial charge in [0, 0.05) is 50.7 Å². The Morgan fingerprint density at radius 3 is 2.65 bits per heavy atom. The third-order valence-electron chi connectivity index (χ3n) is 6.46. The van der Waals surface area contributed by atoms with Crippen LogP contribution in [0, 0.1) is 10.6 Å². The minimum absolute atomic E-state index is 0.118. The molecule has 1 aromatic carbocycles. The zero-order chi connectivity index (χ0) is 23.8. The highest BCUT2D eigenvalue weighted by Gasteiger charge is 2.26. The number of carbonyl (C=O) groups is 1. The Hall–Kier alpha value is -3.11. The van der Waals surface area contributed by atoms with E-state index >= 15 is 0 Å². The molecule has 178 valence electrons. The Kier molecular flexibility index (Phi) is 6.18. The molecular weight excluding hydrogens is 455 g/mol. The van der Waals surface area contributed by atoms with Gasteiger partial charge in [-0.1, -0.05) is 18.3 Å². The summed E-state index contributed by atoms with van der Waals surface area (Å²) < 4.78 is 16.8. The van der Waals surface area contributed by atoms with Crippen LogP contribution in [0.15, 0.2) is 35.1 Å². The molecule has 1 amide bonds. The summed E-state index contributed by atoms with van der Waals surface area (Å²) in [6, 6.07) is 9.43. The molecule has 2 N–H and O–H groups in total. The summed E-state index contributed by atoms with van der Waals surface area (Å²) in [5.41, 5.74) is 2.17. The van der Waals surface area contributed by atoms with Crippen LogP contribution in [0.3, 0.4) is 0 Å². The lowest BCUT2D eigenvalue weighted by atomic mass is 10.1. The van der Waals surface area contributed by atoms with Crippen LogP contribution in [0.2, 0.25) is 0 Å². The third-order valence-corrected chi connectivity index (χ3v) is 6.90. The van der Waals surface area contributed by atoms with Gasteiger partial charge in [0.15, 0.2) is 0 Å². The Morgan fingerprint density at radius 2 is 1.97 bits per heavy atom. The van der Waals surface area contributed by atoms with E-state index < -0.39 is 5.95 Å². The van der Waals surface area contributed by atoms with Gasteiger partial charge >= 0.3 is 5.69 Å². The van der Waals surface area contributed by atoms with Gasteiger partial charge in [-0.15, -0.1) is 0 Å². The van der Waals surface area contributed by atoms with Crippen LogP contribution in [-0.2, 0) is 13.1 Å². The van der Waals surface area contributed by atoms with Gasteiger partial charge in [-0.25, -0.2) is 9.78 Å². The number of carbonyl (C=O) groups excluding carboxylic acids is 1. The monoisotopic (exact) mass is 482 g/mol. The van der Waals surface area contributed by atoms with Crippen molar-refractivity contribution in [1.29, 1.82) is 0 Å². The van der Waals surface area contributed by atoms with Gasteiger partial charge < -0.3 is 15.2 Å². The summed E-state index contributed by atoms with van der Waals surface area (Å²) in [6.07, 6.45) is 1.95. The molecule has 2 aromatic heterocycles. The molecule has 2 aliphatic rings. The molecule has 1 aliphatic heterocycles. The smallest absolute Gasteiger partial charge is 0.326 e. The number of hydrogen-bond acceptors (Lipinski definition) is 6. The maximum Gasteiger partial charge on any atom is 0.326 e. The number of anilines is 1. The predicted molar refractivity (Wildman–Crippen MR) is 131 cm³/mol. The summed E-state index contributed by atoms with van der Waals surface area (Å²) in [4.78, 5) is 35.5. The Labute approximate surface area is 201 Å². The number of hydrogen-bond donors (Lipinski definition) is 2. The molecular formula is C24H27FN6O2S. The Bertz CT molecular complexity index is 1360. The third kappa shape index (κ3) is 4.60. The van der Waals surface area contributed by atoms with E-state index in [0.717, 1.165) is 48.9 Å². The number of aromatic amines is 1. The molecule has 0 spiro atoms. The highest BCUT2D eigenvalue weighted by atomic mass is 32.1. The molecule has 34 heavy (non-hydrogen) atoms. The highest BCUT2D eigenvalue weighted by molar-refractivity contribution is 7.71. The van der Waals surface area contributed by atoms with Crippen molar-refractivity contribution in [3.63, 3.8) is 0 Å². The first-order chi connectivity index (χ1) is 16.4. The fraction of sp³-hybridized carbons (Fsp3) is 0.417. The first-order valence-corrected chi connectivity index (χ1v) is 12.0. The molecule has 3 heterocycles. The molecule has 0 radical (unpaired) electrons. The van der Waals surface area contributed by atoms with E-state index in [0.29, 0.717) is 30.0 Å². The van der Waals surface area contributed by atoms with E-state index in [1.807, 2.05) is 30.0 Å². The zero-order valence-corrected chi connectivity index (χ0v) is 19.8. The molecule has 0 atom stereocenters. The van der Waals surface area contributed by atoms with Gasteiger partial charge in [0.2, 0.25) is 5.95 Å². The Morgan fingerprint density at radius 1 is 1.21 bits per heavy atom. The topological polar surface area (TPSA) is 86.3 Å². The lowest BCUT2D eigenvalue weighted by molar-refractivity contribution is 0.0945. The average Bonchev–Trinajstić information content (AvgIpc) is 3.64. The number of amides is 1. The average molecular weight is 483 g/mol. The zero-order valence-electron chi connectivity index (χ0n) is 19.0. The van der Waals surface area contributed by atoms with Crippen LogP contribution in [0.4, 0.5) is 10.1 Å². The minimum Gasteiger partial charge on any atom is -0.365 e. The maximum absolute atomic E-state index is 14.7.